The van der Waals surface area contributed by atoms with E-state index in [4.69, 9.17) is 4.74 Å². The van der Waals surface area contributed by atoms with Crippen molar-refractivity contribution >= 4 is 21.7 Å². The molecule has 2 aliphatic rings. The molecule has 0 saturated heterocycles. The SMILES string of the molecule is COC(=O)C1=C(C2Cc3ccccc3N2S(=O)(=O)c2ccc(C)cc2)CCC1. The second kappa shape index (κ2) is 7.09. The molecule has 1 heterocycles. The van der Waals surface area contributed by atoms with Crippen LogP contribution in [0.4, 0.5) is 5.69 Å². The third-order valence-electron chi connectivity index (χ3n) is 5.60. The van der Waals surface area contributed by atoms with Crippen LogP contribution in [0, 0.1) is 6.92 Å². The topological polar surface area (TPSA) is 63.7 Å². The van der Waals surface area contributed by atoms with Crippen molar-refractivity contribution in [2.75, 3.05) is 11.4 Å². The number of fused-ring (bicyclic) bond motifs is 1. The van der Waals surface area contributed by atoms with E-state index in [1.807, 2.05) is 31.2 Å². The molecule has 0 bridgehead atoms. The van der Waals surface area contributed by atoms with E-state index in [1.165, 1.54) is 11.4 Å². The Labute approximate surface area is 165 Å². The lowest BCUT2D eigenvalue weighted by Crippen LogP contribution is -2.39. The van der Waals surface area contributed by atoms with E-state index in [0.717, 1.165) is 23.1 Å². The number of anilines is 1. The van der Waals surface area contributed by atoms with Gasteiger partial charge in [0, 0.05) is 5.57 Å². The molecule has 1 unspecified atom stereocenters. The van der Waals surface area contributed by atoms with Crippen LogP contribution in [-0.4, -0.2) is 27.5 Å². The van der Waals surface area contributed by atoms with Gasteiger partial charge in [0.15, 0.2) is 0 Å². The standard InChI is InChI=1S/C22H23NO4S/c1-15-10-12-17(13-11-15)28(25,26)23-20-9-4-3-6-16(20)14-21(23)18-7-5-8-19(18)22(24)27-2/h3-4,6,9-13,21H,5,7-8,14H2,1-2H3. The smallest absolute Gasteiger partial charge is 0.333 e. The van der Waals surface area contributed by atoms with Gasteiger partial charge >= 0.3 is 5.97 Å². The van der Waals surface area contributed by atoms with E-state index < -0.39 is 10.0 Å². The molecule has 0 spiro atoms. The Bertz CT molecular complexity index is 1050. The number of hydrogen-bond acceptors (Lipinski definition) is 4. The number of aryl methyl sites for hydroxylation is 1. The van der Waals surface area contributed by atoms with Crippen molar-refractivity contribution in [3.63, 3.8) is 0 Å². The van der Waals surface area contributed by atoms with Gasteiger partial charge in [-0.3, -0.25) is 4.31 Å². The van der Waals surface area contributed by atoms with Gasteiger partial charge in [-0.05, 0) is 61.9 Å². The number of sulfonamides is 1. The maximum atomic E-state index is 13.6. The fraction of sp³-hybridized carbons (Fsp3) is 0.318. The first-order chi connectivity index (χ1) is 13.4. The molecule has 146 valence electrons. The van der Waals surface area contributed by atoms with Gasteiger partial charge in [-0.1, -0.05) is 35.9 Å². The minimum Gasteiger partial charge on any atom is -0.466 e. The summed E-state index contributed by atoms with van der Waals surface area (Å²) in [6.45, 7) is 1.93. The third-order valence-corrected chi connectivity index (χ3v) is 7.43. The number of methoxy groups -OCH3 is 1. The van der Waals surface area contributed by atoms with Crippen molar-refractivity contribution in [1.29, 1.82) is 0 Å². The molecule has 1 atom stereocenters. The van der Waals surface area contributed by atoms with Crippen molar-refractivity contribution in [2.24, 2.45) is 0 Å². The van der Waals surface area contributed by atoms with E-state index in [9.17, 15) is 13.2 Å². The minimum absolute atomic E-state index is 0.262. The van der Waals surface area contributed by atoms with Crippen LogP contribution in [-0.2, 0) is 26.0 Å². The Morgan fingerprint density at radius 2 is 1.79 bits per heavy atom. The Morgan fingerprint density at radius 1 is 1.07 bits per heavy atom. The van der Waals surface area contributed by atoms with E-state index >= 15 is 0 Å². The van der Waals surface area contributed by atoms with E-state index in [2.05, 4.69) is 0 Å². The zero-order chi connectivity index (χ0) is 19.9. The molecular formula is C22H23NO4S. The second-order valence-electron chi connectivity index (χ2n) is 7.31. The Hall–Kier alpha value is -2.60. The first-order valence-corrected chi connectivity index (χ1v) is 10.9. The largest absolute Gasteiger partial charge is 0.466 e. The molecule has 0 fully saturated rings. The molecule has 0 saturated carbocycles. The van der Waals surface area contributed by atoms with Gasteiger partial charge in [-0.25, -0.2) is 13.2 Å². The van der Waals surface area contributed by atoms with Gasteiger partial charge in [0.2, 0.25) is 0 Å². The summed E-state index contributed by atoms with van der Waals surface area (Å²) in [6.07, 6.45) is 2.75. The maximum absolute atomic E-state index is 13.6. The maximum Gasteiger partial charge on any atom is 0.333 e. The zero-order valence-electron chi connectivity index (χ0n) is 16.0. The summed E-state index contributed by atoms with van der Waals surface area (Å²) in [5, 5.41) is 0. The lowest BCUT2D eigenvalue weighted by atomic mass is 9.99. The number of para-hydroxylation sites is 1. The van der Waals surface area contributed by atoms with Crippen molar-refractivity contribution in [1.82, 2.24) is 0 Å². The Balaban J connectivity index is 1.86. The van der Waals surface area contributed by atoms with Crippen molar-refractivity contribution in [2.45, 2.75) is 43.5 Å². The molecule has 6 heteroatoms. The average molecular weight is 397 g/mol. The molecule has 1 aliphatic heterocycles. The second-order valence-corrected chi connectivity index (χ2v) is 9.13. The van der Waals surface area contributed by atoms with Gasteiger partial charge in [0.25, 0.3) is 10.0 Å². The normalized spacial score (nSPS) is 19.1. The Morgan fingerprint density at radius 3 is 2.50 bits per heavy atom. The number of esters is 1. The molecule has 2 aromatic rings. The number of hydrogen-bond donors (Lipinski definition) is 0. The predicted molar refractivity (Wildman–Crippen MR) is 108 cm³/mol. The Kier molecular flexibility index (Phi) is 4.75. The van der Waals surface area contributed by atoms with E-state index in [-0.39, 0.29) is 16.9 Å². The zero-order valence-corrected chi connectivity index (χ0v) is 16.8. The average Bonchev–Trinajstić information content (AvgIpc) is 3.32. The summed E-state index contributed by atoms with van der Waals surface area (Å²) in [5.74, 6) is -0.351. The van der Waals surface area contributed by atoms with E-state index in [1.54, 1.807) is 24.3 Å². The summed E-state index contributed by atoms with van der Waals surface area (Å²) >= 11 is 0. The number of rotatable bonds is 4. The molecule has 28 heavy (non-hydrogen) atoms. The molecule has 0 N–H and O–H groups in total. The number of benzene rings is 2. The summed E-state index contributed by atoms with van der Waals surface area (Å²) in [7, 11) is -2.39. The van der Waals surface area contributed by atoms with Crippen LogP contribution in [0.15, 0.2) is 64.6 Å². The van der Waals surface area contributed by atoms with Crippen LogP contribution in [0.1, 0.15) is 30.4 Å². The number of nitrogens with zero attached hydrogens (tertiary/aromatic N) is 1. The molecule has 4 rings (SSSR count). The van der Waals surface area contributed by atoms with Crippen LogP contribution in [0.3, 0.4) is 0 Å². The van der Waals surface area contributed by atoms with Gasteiger partial charge in [0.1, 0.15) is 0 Å². The molecule has 0 amide bonds. The van der Waals surface area contributed by atoms with Gasteiger partial charge in [-0.15, -0.1) is 0 Å². The van der Waals surface area contributed by atoms with Crippen molar-refractivity contribution in [3.05, 3.63) is 70.8 Å². The first-order valence-electron chi connectivity index (χ1n) is 9.42. The number of carbonyl (C=O) groups is 1. The molecule has 0 radical (unpaired) electrons. The molecular weight excluding hydrogens is 374 g/mol. The van der Waals surface area contributed by atoms with Gasteiger partial charge in [-0.2, -0.15) is 0 Å². The van der Waals surface area contributed by atoms with Crippen LogP contribution in [0.2, 0.25) is 0 Å². The summed E-state index contributed by atoms with van der Waals surface area (Å²) in [6, 6.07) is 14.1. The highest BCUT2D eigenvalue weighted by Crippen LogP contribution is 2.43. The van der Waals surface area contributed by atoms with E-state index in [0.29, 0.717) is 30.5 Å². The van der Waals surface area contributed by atoms with Crippen LogP contribution in [0.5, 0.6) is 0 Å². The van der Waals surface area contributed by atoms with Gasteiger partial charge < -0.3 is 4.74 Å². The quantitative estimate of drug-likeness (QED) is 0.737. The van der Waals surface area contributed by atoms with Gasteiger partial charge in [0.05, 0.1) is 23.7 Å². The van der Waals surface area contributed by atoms with Crippen LogP contribution >= 0.6 is 0 Å². The highest BCUT2D eigenvalue weighted by Gasteiger charge is 2.42. The highest BCUT2D eigenvalue weighted by molar-refractivity contribution is 7.92. The minimum atomic E-state index is -3.76. The number of ether oxygens (including phenoxy) is 1. The van der Waals surface area contributed by atoms with Crippen molar-refractivity contribution in [3.8, 4) is 0 Å². The molecule has 0 aromatic heterocycles. The third kappa shape index (κ3) is 3.02. The summed E-state index contributed by atoms with van der Waals surface area (Å²) < 4.78 is 33.7. The fourth-order valence-corrected chi connectivity index (χ4v) is 5.92. The molecule has 1 aliphatic carbocycles. The molecule has 2 aromatic carbocycles. The predicted octanol–water partition coefficient (Wildman–Crippen LogP) is 3.77. The van der Waals surface area contributed by atoms with Crippen molar-refractivity contribution < 1.29 is 17.9 Å². The fourth-order valence-electron chi connectivity index (χ4n) is 4.23. The monoisotopic (exact) mass is 397 g/mol. The number of carbonyl (C=O) groups excluding carboxylic acids is 1. The van der Waals surface area contributed by atoms with Crippen LogP contribution in [0.25, 0.3) is 0 Å². The lowest BCUT2D eigenvalue weighted by Gasteiger charge is -2.28. The first kappa shape index (κ1) is 18.7. The lowest BCUT2D eigenvalue weighted by molar-refractivity contribution is -0.136. The highest BCUT2D eigenvalue weighted by atomic mass is 32.2. The summed E-state index contributed by atoms with van der Waals surface area (Å²) in [4.78, 5) is 12.5. The summed E-state index contributed by atoms with van der Waals surface area (Å²) in [5.41, 5.74) is 4.19. The molecule has 5 nitrogen and oxygen atoms in total. The van der Waals surface area contributed by atoms with Crippen LogP contribution < -0.4 is 4.31 Å².